The predicted octanol–water partition coefficient (Wildman–Crippen LogP) is 3.11. The van der Waals surface area contributed by atoms with Crippen molar-refractivity contribution in [1.29, 1.82) is 0 Å². The lowest BCUT2D eigenvalue weighted by Crippen LogP contribution is -2.23. The first kappa shape index (κ1) is 17.6. The minimum absolute atomic E-state index is 0.0645. The van der Waals surface area contributed by atoms with E-state index in [-0.39, 0.29) is 29.4 Å². The van der Waals surface area contributed by atoms with E-state index < -0.39 is 30.5 Å². The second-order valence-electron chi connectivity index (χ2n) is 6.06. The normalized spacial score (nSPS) is 14.7. The van der Waals surface area contributed by atoms with Crippen LogP contribution in [0.15, 0.2) is 24.7 Å². The Morgan fingerprint density at radius 3 is 2.70 bits per heavy atom. The number of alkyl halides is 3. The van der Waals surface area contributed by atoms with Crippen LogP contribution in [0.25, 0.3) is 16.9 Å². The molecule has 142 valence electrons. The predicted molar refractivity (Wildman–Crippen MR) is 83.1 cm³/mol. The van der Waals surface area contributed by atoms with Crippen LogP contribution in [0.4, 0.5) is 17.6 Å². The Hall–Kier alpha value is -2.82. The number of halogens is 4. The quantitative estimate of drug-likeness (QED) is 0.584. The number of hydrogen-bond acceptors (Lipinski definition) is 6. The molecule has 0 bridgehead atoms. The largest absolute Gasteiger partial charge is 0.444 e. The molecule has 4 rings (SSSR count). The molecule has 7 nitrogen and oxygen atoms in total. The topological polar surface area (TPSA) is 74.4 Å². The van der Waals surface area contributed by atoms with Gasteiger partial charge in [-0.1, -0.05) is 0 Å². The summed E-state index contributed by atoms with van der Waals surface area (Å²) in [5.41, 5.74) is 0.400. The lowest BCUT2D eigenvalue weighted by atomic mass is 10.2. The second kappa shape index (κ2) is 6.72. The van der Waals surface area contributed by atoms with Crippen molar-refractivity contribution in [2.45, 2.75) is 19.0 Å². The van der Waals surface area contributed by atoms with Crippen LogP contribution in [-0.4, -0.2) is 38.0 Å². The molecule has 0 saturated heterocycles. The van der Waals surface area contributed by atoms with Gasteiger partial charge in [-0.3, -0.25) is 9.38 Å². The average molecular weight is 383 g/mol. The molecule has 3 heterocycles. The van der Waals surface area contributed by atoms with Gasteiger partial charge in [0.05, 0.1) is 18.5 Å². The lowest BCUT2D eigenvalue weighted by Gasteiger charge is -2.15. The van der Waals surface area contributed by atoms with Crippen LogP contribution in [0.5, 0.6) is 5.88 Å². The fraction of sp³-hybridized carbons (Fsp3) is 0.375. The van der Waals surface area contributed by atoms with E-state index in [0.29, 0.717) is 0 Å². The molecule has 1 saturated carbocycles. The first-order chi connectivity index (χ1) is 13.0. The van der Waals surface area contributed by atoms with Crippen molar-refractivity contribution < 1.29 is 27.0 Å². The maximum atomic E-state index is 14.4. The number of rotatable bonds is 7. The molecule has 0 atom stereocenters. The number of ether oxygens (including phenoxy) is 2. The first-order valence-electron chi connectivity index (χ1n) is 8.05. The van der Waals surface area contributed by atoms with Crippen LogP contribution in [0.1, 0.15) is 18.7 Å². The minimum Gasteiger partial charge on any atom is -0.444 e. The van der Waals surface area contributed by atoms with Crippen molar-refractivity contribution in [3.63, 3.8) is 0 Å². The second-order valence-corrected chi connectivity index (χ2v) is 6.06. The van der Waals surface area contributed by atoms with E-state index in [9.17, 15) is 17.6 Å². The number of hydrogen-bond donors (Lipinski definition) is 0. The average Bonchev–Trinajstić information content (AvgIpc) is 3.38. The number of aromatic nitrogens is 5. The Morgan fingerprint density at radius 1 is 1.19 bits per heavy atom. The van der Waals surface area contributed by atoms with Crippen LogP contribution < -0.4 is 4.74 Å². The maximum Gasteiger partial charge on any atom is 0.418 e. The van der Waals surface area contributed by atoms with Crippen molar-refractivity contribution >= 4 is 5.65 Å². The van der Waals surface area contributed by atoms with Crippen molar-refractivity contribution in [2.75, 3.05) is 13.5 Å². The molecule has 0 aromatic carbocycles. The van der Waals surface area contributed by atoms with Crippen molar-refractivity contribution in [3.8, 4) is 17.1 Å². The Morgan fingerprint density at radius 2 is 2.00 bits per heavy atom. The summed E-state index contributed by atoms with van der Waals surface area (Å²) in [5.74, 6) is -1.97. The van der Waals surface area contributed by atoms with Gasteiger partial charge in [-0.05, 0) is 24.8 Å². The molecule has 0 unspecified atom stereocenters. The molecule has 0 aliphatic heterocycles. The summed E-state index contributed by atoms with van der Waals surface area (Å²) in [6.45, 7) is -1.29. The van der Waals surface area contributed by atoms with Gasteiger partial charge in [0.15, 0.2) is 11.5 Å². The molecule has 11 heteroatoms. The third-order valence-electron chi connectivity index (χ3n) is 4.04. The van der Waals surface area contributed by atoms with Crippen LogP contribution in [0, 0.1) is 11.7 Å². The Bertz CT molecular complexity index is 977. The molecule has 0 amide bonds. The Balaban J connectivity index is 1.68. The molecule has 3 aromatic heterocycles. The maximum absolute atomic E-state index is 14.4. The first-order valence-corrected chi connectivity index (χ1v) is 8.05. The zero-order valence-corrected chi connectivity index (χ0v) is 13.8. The summed E-state index contributed by atoms with van der Waals surface area (Å²) >= 11 is 0. The fourth-order valence-electron chi connectivity index (χ4n) is 2.44. The number of nitrogens with zero attached hydrogens (tertiary/aromatic N) is 5. The molecule has 1 fully saturated rings. The Kier molecular flexibility index (Phi) is 4.38. The van der Waals surface area contributed by atoms with E-state index in [1.54, 1.807) is 0 Å². The summed E-state index contributed by atoms with van der Waals surface area (Å²) in [4.78, 5) is 7.69. The minimum atomic E-state index is -3.64. The molecule has 1 aliphatic rings. The van der Waals surface area contributed by atoms with Crippen LogP contribution in [0.2, 0.25) is 0 Å². The zero-order chi connectivity index (χ0) is 19.0. The monoisotopic (exact) mass is 383 g/mol. The van der Waals surface area contributed by atoms with E-state index in [2.05, 4.69) is 24.9 Å². The highest BCUT2D eigenvalue weighted by Gasteiger charge is 2.40. The van der Waals surface area contributed by atoms with Gasteiger partial charge in [-0.25, -0.2) is 13.8 Å². The number of pyridine rings is 1. The highest BCUT2D eigenvalue weighted by atomic mass is 19.3. The SMILES string of the molecule is FCOc1ncc(-c2cn3c(C(F)(F)OCC4CC4)nnc3cn2)cc1F. The van der Waals surface area contributed by atoms with E-state index in [0.717, 1.165) is 23.3 Å². The summed E-state index contributed by atoms with van der Waals surface area (Å²) in [7, 11) is 0. The van der Waals surface area contributed by atoms with Gasteiger partial charge in [0, 0.05) is 18.0 Å². The van der Waals surface area contributed by atoms with E-state index in [1.165, 1.54) is 18.6 Å². The third kappa shape index (κ3) is 3.54. The highest BCUT2D eigenvalue weighted by molar-refractivity contribution is 5.59. The van der Waals surface area contributed by atoms with Gasteiger partial charge in [-0.15, -0.1) is 10.2 Å². The number of fused-ring (bicyclic) bond motifs is 1. The zero-order valence-electron chi connectivity index (χ0n) is 13.8. The van der Waals surface area contributed by atoms with Gasteiger partial charge in [0.2, 0.25) is 12.7 Å². The van der Waals surface area contributed by atoms with E-state index >= 15 is 0 Å². The third-order valence-corrected chi connectivity index (χ3v) is 4.04. The van der Waals surface area contributed by atoms with E-state index in [1.807, 2.05) is 0 Å². The molecule has 0 radical (unpaired) electrons. The van der Waals surface area contributed by atoms with Gasteiger partial charge in [0.1, 0.15) is 0 Å². The molecular formula is C16H13F4N5O2. The van der Waals surface area contributed by atoms with Gasteiger partial charge in [0.25, 0.3) is 5.88 Å². The van der Waals surface area contributed by atoms with Crippen LogP contribution >= 0.6 is 0 Å². The van der Waals surface area contributed by atoms with Crippen molar-refractivity contribution in [3.05, 3.63) is 36.3 Å². The van der Waals surface area contributed by atoms with E-state index in [4.69, 9.17) is 4.74 Å². The van der Waals surface area contributed by atoms with Crippen LogP contribution in [-0.2, 0) is 10.8 Å². The highest BCUT2D eigenvalue weighted by Crippen LogP contribution is 2.35. The van der Waals surface area contributed by atoms with Gasteiger partial charge in [-0.2, -0.15) is 8.78 Å². The summed E-state index contributed by atoms with van der Waals surface area (Å²) in [6, 6.07) is 1.01. The molecule has 27 heavy (non-hydrogen) atoms. The standard InChI is InChI=1S/C16H13F4N5O2/c17-8-26-14-11(18)3-10(4-22-14)12-6-25-13(5-21-12)23-24-15(25)16(19,20)27-7-9-1-2-9/h3-6,9H,1-2,7-8H2. The van der Waals surface area contributed by atoms with Crippen molar-refractivity contribution in [1.82, 2.24) is 24.6 Å². The van der Waals surface area contributed by atoms with Crippen molar-refractivity contribution in [2.24, 2.45) is 5.92 Å². The molecular weight excluding hydrogens is 370 g/mol. The summed E-state index contributed by atoms with van der Waals surface area (Å²) < 4.78 is 64.9. The van der Waals surface area contributed by atoms with Crippen LogP contribution in [0.3, 0.4) is 0 Å². The fourth-order valence-corrected chi connectivity index (χ4v) is 2.44. The molecule has 0 N–H and O–H groups in total. The lowest BCUT2D eigenvalue weighted by molar-refractivity contribution is -0.256. The molecule has 3 aromatic rings. The molecule has 1 aliphatic carbocycles. The molecule has 0 spiro atoms. The van der Waals surface area contributed by atoms with Gasteiger partial charge >= 0.3 is 6.11 Å². The van der Waals surface area contributed by atoms with Gasteiger partial charge < -0.3 is 9.47 Å². The summed E-state index contributed by atoms with van der Waals surface area (Å²) in [6.07, 6.45) is 1.73. The summed E-state index contributed by atoms with van der Waals surface area (Å²) in [5, 5.41) is 7.16. The Labute approximate surface area is 150 Å². The smallest absolute Gasteiger partial charge is 0.418 e.